The SMILES string of the molecule is N#Cc1cc(Nc2nc(N)nc(-c3ccccc3F)n2)ccn1. The lowest BCUT2D eigenvalue weighted by atomic mass is 10.2. The maximum absolute atomic E-state index is 13.9. The number of nitrogens with one attached hydrogen (secondary N) is 1. The van der Waals surface area contributed by atoms with Gasteiger partial charge in [0.1, 0.15) is 17.6 Å². The minimum Gasteiger partial charge on any atom is -0.368 e. The lowest BCUT2D eigenvalue weighted by Gasteiger charge is -2.08. The lowest BCUT2D eigenvalue weighted by molar-refractivity contribution is 0.630. The molecule has 3 aromatic rings. The summed E-state index contributed by atoms with van der Waals surface area (Å²) in [6.07, 6.45) is 1.48. The van der Waals surface area contributed by atoms with E-state index in [9.17, 15) is 4.39 Å². The molecule has 0 amide bonds. The highest BCUT2D eigenvalue weighted by molar-refractivity contribution is 5.61. The van der Waals surface area contributed by atoms with Crippen molar-refractivity contribution in [3.63, 3.8) is 0 Å². The summed E-state index contributed by atoms with van der Waals surface area (Å²) in [6.45, 7) is 0. The van der Waals surface area contributed by atoms with Gasteiger partial charge in [0.05, 0.1) is 5.56 Å². The molecule has 0 aliphatic carbocycles. The number of nitrogen functional groups attached to an aromatic ring is 1. The van der Waals surface area contributed by atoms with Crippen molar-refractivity contribution in [3.8, 4) is 17.5 Å². The van der Waals surface area contributed by atoms with Gasteiger partial charge in [-0.05, 0) is 24.3 Å². The lowest BCUT2D eigenvalue weighted by Crippen LogP contribution is -2.05. The van der Waals surface area contributed by atoms with Crippen molar-refractivity contribution in [1.29, 1.82) is 5.26 Å². The van der Waals surface area contributed by atoms with E-state index in [-0.39, 0.29) is 29.0 Å². The number of halogens is 1. The molecule has 112 valence electrons. The van der Waals surface area contributed by atoms with Crippen LogP contribution in [-0.2, 0) is 0 Å². The van der Waals surface area contributed by atoms with Gasteiger partial charge in [-0.1, -0.05) is 12.1 Å². The number of rotatable bonds is 3. The maximum Gasteiger partial charge on any atom is 0.232 e. The van der Waals surface area contributed by atoms with Gasteiger partial charge in [0.2, 0.25) is 11.9 Å². The van der Waals surface area contributed by atoms with Gasteiger partial charge in [0.15, 0.2) is 5.82 Å². The number of pyridine rings is 1. The zero-order chi connectivity index (χ0) is 16.2. The minimum atomic E-state index is -0.459. The smallest absolute Gasteiger partial charge is 0.232 e. The number of aromatic nitrogens is 4. The summed E-state index contributed by atoms with van der Waals surface area (Å²) in [7, 11) is 0. The first-order chi connectivity index (χ1) is 11.2. The van der Waals surface area contributed by atoms with Crippen LogP contribution in [0.25, 0.3) is 11.4 Å². The summed E-state index contributed by atoms with van der Waals surface area (Å²) in [6, 6.07) is 11.2. The van der Waals surface area contributed by atoms with Gasteiger partial charge in [-0.3, -0.25) is 0 Å². The van der Waals surface area contributed by atoms with E-state index in [0.29, 0.717) is 5.69 Å². The topological polar surface area (TPSA) is 113 Å². The number of anilines is 3. The molecular weight excluding hydrogens is 297 g/mol. The van der Waals surface area contributed by atoms with Gasteiger partial charge in [-0.2, -0.15) is 20.2 Å². The largest absolute Gasteiger partial charge is 0.368 e. The Morgan fingerprint density at radius 1 is 1.13 bits per heavy atom. The Labute approximate surface area is 130 Å². The number of hydrogen-bond donors (Lipinski definition) is 2. The predicted octanol–water partition coefficient (Wildman–Crippen LogP) is 2.27. The molecule has 23 heavy (non-hydrogen) atoms. The summed E-state index contributed by atoms with van der Waals surface area (Å²) >= 11 is 0. The average Bonchev–Trinajstić information content (AvgIpc) is 2.55. The van der Waals surface area contributed by atoms with Crippen molar-refractivity contribution < 1.29 is 4.39 Å². The first-order valence-corrected chi connectivity index (χ1v) is 6.55. The number of nitriles is 1. The quantitative estimate of drug-likeness (QED) is 0.763. The average molecular weight is 307 g/mol. The zero-order valence-electron chi connectivity index (χ0n) is 11.7. The Kier molecular flexibility index (Phi) is 3.76. The summed E-state index contributed by atoms with van der Waals surface area (Å²) in [5.74, 6) is -0.242. The highest BCUT2D eigenvalue weighted by Gasteiger charge is 2.11. The molecule has 1 aromatic carbocycles. The van der Waals surface area contributed by atoms with E-state index in [2.05, 4.69) is 25.3 Å². The molecule has 3 N–H and O–H groups in total. The van der Waals surface area contributed by atoms with E-state index < -0.39 is 5.82 Å². The molecule has 0 spiro atoms. The third kappa shape index (κ3) is 3.19. The molecule has 0 saturated heterocycles. The van der Waals surface area contributed by atoms with Gasteiger partial charge in [-0.15, -0.1) is 0 Å². The zero-order valence-corrected chi connectivity index (χ0v) is 11.7. The summed E-state index contributed by atoms with van der Waals surface area (Å²) in [5, 5.41) is 11.7. The fourth-order valence-corrected chi connectivity index (χ4v) is 1.91. The van der Waals surface area contributed by atoms with Crippen LogP contribution in [-0.4, -0.2) is 19.9 Å². The minimum absolute atomic E-state index is 0.0460. The van der Waals surface area contributed by atoms with E-state index in [0.717, 1.165) is 0 Å². The van der Waals surface area contributed by atoms with Crippen molar-refractivity contribution >= 4 is 17.6 Å². The van der Waals surface area contributed by atoms with Crippen LogP contribution in [0, 0.1) is 17.1 Å². The standard InChI is InChI=1S/C15H10FN7/c16-12-4-2-1-3-11(12)13-21-14(18)23-15(22-13)20-9-5-6-19-10(7-9)8-17/h1-7H,(H3,18,19,20,21,22,23). The summed E-state index contributed by atoms with van der Waals surface area (Å²) < 4.78 is 13.9. The first kappa shape index (κ1) is 14.3. The Balaban J connectivity index is 1.98. The molecule has 0 atom stereocenters. The van der Waals surface area contributed by atoms with Crippen LogP contribution in [0.5, 0.6) is 0 Å². The van der Waals surface area contributed by atoms with E-state index >= 15 is 0 Å². The molecule has 0 radical (unpaired) electrons. The van der Waals surface area contributed by atoms with Crippen molar-refractivity contribution in [2.45, 2.75) is 0 Å². The highest BCUT2D eigenvalue weighted by atomic mass is 19.1. The second-order valence-electron chi connectivity index (χ2n) is 4.49. The molecule has 7 nitrogen and oxygen atoms in total. The van der Waals surface area contributed by atoms with E-state index in [1.54, 1.807) is 24.3 Å². The molecule has 0 bridgehead atoms. The van der Waals surface area contributed by atoms with Crippen LogP contribution in [0.4, 0.5) is 22.0 Å². The fraction of sp³-hybridized carbons (Fsp3) is 0. The van der Waals surface area contributed by atoms with Crippen LogP contribution < -0.4 is 11.1 Å². The van der Waals surface area contributed by atoms with Gasteiger partial charge in [0.25, 0.3) is 0 Å². The predicted molar refractivity (Wildman–Crippen MR) is 81.9 cm³/mol. The van der Waals surface area contributed by atoms with Crippen molar-refractivity contribution in [2.24, 2.45) is 0 Å². The van der Waals surface area contributed by atoms with Gasteiger partial charge in [0, 0.05) is 11.9 Å². The second kappa shape index (κ2) is 6.03. The molecule has 0 saturated carbocycles. The molecule has 0 aliphatic heterocycles. The van der Waals surface area contributed by atoms with Crippen molar-refractivity contribution in [2.75, 3.05) is 11.1 Å². The number of nitrogens with zero attached hydrogens (tertiary/aromatic N) is 5. The van der Waals surface area contributed by atoms with Crippen LogP contribution in [0.2, 0.25) is 0 Å². The van der Waals surface area contributed by atoms with Crippen LogP contribution in [0.15, 0.2) is 42.6 Å². The molecule has 0 unspecified atom stereocenters. The van der Waals surface area contributed by atoms with Gasteiger partial charge in [-0.25, -0.2) is 9.37 Å². The van der Waals surface area contributed by atoms with Gasteiger partial charge < -0.3 is 11.1 Å². The first-order valence-electron chi connectivity index (χ1n) is 6.55. The Morgan fingerprint density at radius 2 is 1.96 bits per heavy atom. The van der Waals surface area contributed by atoms with Crippen LogP contribution >= 0.6 is 0 Å². The van der Waals surface area contributed by atoms with E-state index in [4.69, 9.17) is 11.0 Å². The Morgan fingerprint density at radius 3 is 2.74 bits per heavy atom. The number of hydrogen-bond acceptors (Lipinski definition) is 7. The molecular formula is C15H10FN7. The number of benzene rings is 1. The maximum atomic E-state index is 13.9. The molecule has 2 heterocycles. The van der Waals surface area contributed by atoms with Crippen molar-refractivity contribution in [3.05, 3.63) is 54.1 Å². The van der Waals surface area contributed by atoms with Crippen molar-refractivity contribution in [1.82, 2.24) is 19.9 Å². The normalized spacial score (nSPS) is 10.1. The van der Waals surface area contributed by atoms with Gasteiger partial charge >= 0.3 is 0 Å². The van der Waals surface area contributed by atoms with Crippen LogP contribution in [0.1, 0.15) is 5.69 Å². The molecule has 8 heteroatoms. The summed E-state index contributed by atoms with van der Waals surface area (Å²) in [4.78, 5) is 15.9. The Hall–Kier alpha value is -3.60. The second-order valence-corrected chi connectivity index (χ2v) is 4.49. The van der Waals surface area contributed by atoms with E-state index in [1.165, 1.54) is 18.3 Å². The molecule has 0 aliphatic rings. The molecule has 2 aromatic heterocycles. The molecule has 3 rings (SSSR count). The Bertz CT molecular complexity index is 904. The molecule has 0 fully saturated rings. The third-order valence-corrected chi connectivity index (χ3v) is 2.90. The summed E-state index contributed by atoms with van der Waals surface area (Å²) in [5.41, 5.74) is 6.69. The van der Waals surface area contributed by atoms with E-state index in [1.807, 2.05) is 6.07 Å². The fourth-order valence-electron chi connectivity index (χ4n) is 1.91. The monoisotopic (exact) mass is 307 g/mol. The van der Waals surface area contributed by atoms with Crippen LogP contribution in [0.3, 0.4) is 0 Å². The number of nitrogens with two attached hydrogens (primary N) is 1. The third-order valence-electron chi connectivity index (χ3n) is 2.90. The highest BCUT2D eigenvalue weighted by Crippen LogP contribution is 2.21.